The molecule has 0 bridgehead atoms. The van der Waals surface area contributed by atoms with E-state index in [2.05, 4.69) is 20.9 Å². The van der Waals surface area contributed by atoms with Gasteiger partial charge in [-0.2, -0.15) is 26.3 Å². The number of halogens is 6. The van der Waals surface area contributed by atoms with E-state index in [1.165, 1.54) is 4.90 Å². The third kappa shape index (κ3) is 13.3. The molecule has 0 saturated carbocycles. The fourth-order valence-corrected chi connectivity index (χ4v) is 7.72. The maximum Gasteiger partial charge on any atom is 0.416 e. The predicted molar refractivity (Wildman–Crippen MR) is 226 cm³/mol. The molecule has 3 aromatic carbocycles. The van der Waals surface area contributed by atoms with Gasteiger partial charge in [0.05, 0.1) is 17.2 Å². The number of rotatable bonds is 19. The van der Waals surface area contributed by atoms with Crippen molar-refractivity contribution in [1.82, 2.24) is 25.8 Å². The van der Waals surface area contributed by atoms with Gasteiger partial charge < -0.3 is 36.3 Å². The maximum atomic E-state index is 14.1. The van der Waals surface area contributed by atoms with Crippen molar-refractivity contribution < 1.29 is 55.1 Å². The van der Waals surface area contributed by atoms with E-state index >= 15 is 0 Å². The van der Waals surface area contributed by atoms with Crippen LogP contribution in [0.2, 0.25) is 0 Å². The third-order valence-corrected chi connectivity index (χ3v) is 11.0. The topological polar surface area (TPSA) is 176 Å². The summed E-state index contributed by atoms with van der Waals surface area (Å²) in [5.74, 6) is -3.80. The number of nitrogens with one attached hydrogen (secondary N) is 4. The number of carbonyl (C=O) groups excluding carboxylic acids is 5. The highest BCUT2D eigenvalue weighted by Gasteiger charge is 2.40. The number of aromatic amines is 1. The first-order valence-electron chi connectivity index (χ1n) is 21.3. The van der Waals surface area contributed by atoms with Crippen molar-refractivity contribution in [3.63, 3.8) is 0 Å². The van der Waals surface area contributed by atoms with Crippen LogP contribution in [0.5, 0.6) is 0 Å². The Morgan fingerprint density at radius 2 is 1.45 bits per heavy atom. The normalized spacial score (nSPS) is 16.2. The number of esters is 1. The lowest BCUT2D eigenvalue weighted by atomic mass is 10.0. The summed E-state index contributed by atoms with van der Waals surface area (Å²) in [6.07, 6.45) is -6.22. The van der Waals surface area contributed by atoms with E-state index in [4.69, 9.17) is 10.5 Å². The van der Waals surface area contributed by atoms with Crippen LogP contribution in [0.4, 0.5) is 26.3 Å². The van der Waals surface area contributed by atoms with Gasteiger partial charge in [-0.15, -0.1) is 0 Å². The predicted octanol–water partition coefficient (Wildman–Crippen LogP) is 6.74. The standard InChI is InChI=1S/C46H54F6N6O6/c1-4-5-15-36(55-40(59)34(53)22-28-12-7-6-8-13-28)43(62)58-18-11-17-39(58)42(61)56-37(19-27(2)3)41(60)57-38(23-30-25-54-35-16-10-9-14-33(30)35)44(63)64-26-29-20-31(45(47,48)49)24-32(21-29)46(50,51)52/h6-10,12-14,16,20-21,24-25,27,34,36-39,54H,4-5,11,15,17-19,22-23,26,53H2,1-3H3,(H,55,59)(H,56,61)(H,57,60)/t34-,36?,37-,38-,39-/m0/s1. The number of nitrogens with two attached hydrogens (primary N) is 1. The van der Waals surface area contributed by atoms with Crippen LogP contribution in [0.3, 0.4) is 0 Å². The summed E-state index contributed by atoms with van der Waals surface area (Å²) in [6.45, 7) is 4.75. The molecule has 0 radical (unpaired) electrons. The monoisotopic (exact) mass is 900 g/mol. The fraction of sp³-hybridized carbons (Fsp3) is 0.457. The summed E-state index contributed by atoms with van der Waals surface area (Å²) < 4.78 is 86.8. The van der Waals surface area contributed by atoms with E-state index in [0.29, 0.717) is 47.9 Å². The number of amides is 4. The van der Waals surface area contributed by atoms with E-state index in [0.717, 1.165) is 12.0 Å². The Kier molecular flexibility index (Phi) is 16.6. The number of para-hydroxylation sites is 1. The summed E-state index contributed by atoms with van der Waals surface area (Å²) in [5.41, 5.74) is 4.54. The van der Waals surface area contributed by atoms with Crippen LogP contribution in [0.1, 0.15) is 87.1 Å². The zero-order valence-corrected chi connectivity index (χ0v) is 35.8. The lowest BCUT2D eigenvalue weighted by molar-refractivity contribution is -0.149. The quantitative estimate of drug-likeness (QED) is 0.0512. The Morgan fingerprint density at radius 1 is 0.812 bits per heavy atom. The fourth-order valence-electron chi connectivity index (χ4n) is 7.72. The van der Waals surface area contributed by atoms with Gasteiger partial charge in [0.25, 0.3) is 0 Å². The number of nitrogens with zero attached hydrogens (tertiary/aromatic N) is 1. The van der Waals surface area contributed by atoms with E-state index < -0.39 is 95.5 Å². The molecule has 0 aliphatic carbocycles. The smallest absolute Gasteiger partial charge is 0.416 e. The van der Waals surface area contributed by atoms with Gasteiger partial charge in [-0.1, -0.05) is 82.1 Å². The van der Waals surface area contributed by atoms with Gasteiger partial charge in [0.1, 0.15) is 30.8 Å². The minimum absolute atomic E-state index is 0.0397. The molecule has 346 valence electrons. The molecule has 1 saturated heterocycles. The molecule has 4 aromatic rings. The third-order valence-electron chi connectivity index (χ3n) is 11.0. The highest BCUT2D eigenvalue weighted by molar-refractivity contribution is 5.96. The largest absolute Gasteiger partial charge is 0.459 e. The number of unbranched alkanes of at least 4 members (excludes halogenated alkanes) is 1. The molecule has 1 aromatic heterocycles. The van der Waals surface area contributed by atoms with Crippen LogP contribution in [0.15, 0.2) is 79.0 Å². The number of hydrogen-bond donors (Lipinski definition) is 5. The van der Waals surface area contributed by atoms with Crippen molar-refractivity contribution in [3.05, 3.63) is 107 Å². The number of ether oxygens (including phenoxy) is 1. The summed E-state index contributed by atoms with van der Waals surface area (Å²) >= 11 is 0. The highest BCUT2D eigenvalue weighted by atomic mass is 19.4. The van der Waals surface area contributed by atoms with Crippen molar-refractivity contribution in [3.8, 4) is 0 Å². The molecule has 1 aliphatic heterocycles. The van der Waals surface area contributed by atoms with E-state index in [9.17, 15) is 50.3 Å². The molecule has 4 amide bonds. The van der Waals surface area contributed by atoms with Gasteiger partial charge in [0.2, 0.25) is 23.6 Å². The zero-order valence-electron chi connectivity index (χ0n) is 35.8. The number of H-pyrrole nitrogens is 1. The number of fused-ring (bicyclic) bond motifs is 1. The number of likely N-dealkylation sites (tertiary alicyclic amines) is 1. The molecule has 1 fully saturated rings. The number of benzene rings is 3. The lowest BCUT2D eigenvalue weighted by Crippen LogP contribution is -2.58. The van der Waals surface area contributed by atoms with E-state index in [1.807, 2.05) is 37.3 Å². The molecular weight excluding hydrogens is 847 g/mol. The number of alkyl halides is 6. The van der Waals surface area contributed by atoms with Gasteiger partial charge in [-0.3, -0.25) is 19.2 Å². The number of aromatic nitrogens is 1. The van der Waals surface area contributed by atoms with Crippen LogP contribution < -0.4 is 21.7 Å². The molecule has 18 heteroatoms. The number of hydrogen-bond acceptors (Lipinski definition) is 7. The second-order valence-electron chi connectivity index (χ2n) is 16.5. The number of carbonyl (C=O) groups is 5. The average molecular weight is 901 g/mol. The molecule has 12 nitrogen and oxygen atoms in total. The maximum absolute atomic E-state index is 14.1. The molecule has 2 heterocycles. The lowest BCUT2D eigenvalue weighted by Gasteiger charge is -2.31. The van der Waals surface area contributed by atoms with E-state index in [-0.39, 0.29) is 44.2 Å². The summed E-state index contributed by atoms with van der Waals surface area (Å²) in [4.78, 5) is 73.7. The van der Waals surface area contributed by atoms with E-state index in [1.54, 1.807) is 44.3 Å². The Bertz CT molecular complexity index is 2210. The van der Waals surface area contributed by atoms with Crippen molar-refractivity contribution in [2.24, 2.45) is 11.7 Å². The van der Waals surface area contributed by atoms with Crippen molar-refractivity contribution in [2.45, 2.75) is 121 Å². The van der Waals surface area contributed by atoms with Gasteiger partial charge in [-0.05, 0) is 79.0 Å². The van der Waals surface area contributed by atoms with Crippen LogP contribution >= 0.6 is 0 Å². The first kappa shape index (κ1) is 49.1. The molecular formula is C46H54F6N6O6. The molecule has 0 spiro atoms. The van der Waals surface area contributed by atoms with Gasteiger partial charge in [0.15, 0.2) is 0 Å². The van der Waals surface area contributed by atoms with Gasteiger partial charge in [-0.25, -0.2) is 4.79 Å². The van der Waals surface area contributed by atoms with Crippen molar-refractivity contribution in [2.75, 3.05) is 6.54 Å². The minimum atomic E-state index is -5.13. The van der Waals surface area contributed by atoms with Crippen LogP contribution in [0, 0.1) is 5.92 Å². The van der Waals surface area contributed by atoms with Gasteiger partial charge >= 0.3 is 18.3 Å². The minimum Gasteiger partial charge on any atom is -0.459 e. The first-order chi connectivity index (χ1) is 30.2. The molecule has 1 aliphatic rings. The highest BCUT2D eigenvalue weighted by Crippen LogP contribution is 2.36. The molecule has 64 heavy (non-hydrogen) atoms. The summed E-state index contributed by atoms with van der Waals surface area (Å²) in [7, 11) is 0. The van der Waals surface area contributed by atoms with Crippen LogP contribution in [0.25, 0.3) is 10.9 Å². The second kappa shape index (κ2) is 21.6. The molecule has 5 rings (SSSR count). The second-order valence-corrected chi connectivity index (χ2v) is 16.5. The van der Waals surface area contributed by atoms with Gasteiger partial charge in [0, 0.05) is 30.1 Å². The first-order valence-corrected chi connectivity index (χ1v) is 21.3. The van der Waals surface area contributed by atoms with Crippen molar-refractivity contribution in [1.29, 1.82) is 0 Å². The summed E-state index contributed by atoms with van der Waals surface area (Å²) in [5, 5.41) is 8.83. The Hall–Kier alpha value is -5.91. The molecule has 6 N–H and O–H groups in total. The van der Waals surface area contributed by atoms with Crippen molar-refractivity contribution >= 4 is 40.5 Å². The SMILES string of the molecule is CCCCC(NC(=O)[C@@H](N)Cc1ccccc1)C(=O)N1CCC[C@H]1C(=O)N[C@@H](CC(C)C)C(=O)N[C@@H](Cc1c[nH]c2ccccc12)C(=O)OCc1cc(C(F)(F)F)cc(C(F)(F)F)c1. The zero-order chi connectivity index (χ0) is 46.8. The molecule has 5 atom stereocenters. The van der Waals surface area contributed by atoms with Crippen LogP contribution in [-0.4, -0.2) is 76.2 Å². The Morgan fingerprint density at radius 3 is 2.09 bits per heavy atom. The Balaban J connectivity index is 1.33. The summed E-state index contributed by atoms with van der Waals surface area (Å²) in [6, 6.07) is 11.4. The average Bonchev–Trinajstić information content (AvgIpc) is 3.91. The molecule has 1 unspecified atom stereocenters. The van der Waals surface area contributed by atoms with Crippen LogP contribution in [-0.2, 0) is 60.5 Å². The Labute approximate surface area is 367 Å².